The predicted octanol–water partition coefficient (Wildman–Crippen LogP) is 0.549. The van der Waals surface area contributed by atoms with Gasteiger partial charge >= 0.3 is 0 Å². The Morgan fingerprint density at radius 3 is 3.06 bits per heavy atom. The van der Waals surface area contributed by atoms with E-state index in [1.54, 1.807) is 13.2 Å². The van der Waals surface area contributed by atoms with E-state index in [1.807, 2.05) is 13.8 Å². The van der Waals surface area contributed by atoms with Crippen molar-refractivity contribution in [3.8, 4) is 0 Å². The molecule has 0 spiro atoms. The van der Waals surface area contributed by atoms with Gasteiger partial charge in [-0.15, -0.1) is 0 Å². The van der Waals surface area contributed by atoms with Gasteiger partial charge in [0.15, 0.2) is 11.5 Å². The van der Waals surface area contributed by atoms with Crippen LogP contribution in [0.2, 0.25) is 0 Å². The number of methoxy groups -OCH3 is 1. The second-order valence-electron chi connectivity index (χ2n) is 3.78. The number of hydrogen-bond donors (Lipinski definition) is 2. The number of likely N-dealkylation sites (N-methyl/N-ethyl adjacent to an activating group) is 1. The fourth-order valence-corrected chi connectivity index (χ4v) is 1.39. The maximum atomic E-state index is 11.7. The van der Waals surface area contributed by atoms with Gasteiger partial charge < -0.3 is 19.9 Å². The van der Waals surface area contributed by atoms with Crippen molar-refractivity contribution in [2.75, 3.05) is 20.2 Å². The SMILES string of the molecule is CCN[C@H](C)CNC(=O)c1cc(COC)on1. The van der Waals surface area contributed by atoms with E-state index in [0.717, 1.165) is 6.54 Å². The Kier molecular flexibility index (Phi) is 5.65. The topological polar surface area (TPSA) is 76.4 Å². The molecule has 96 valence electrons. The normalized spacial score (nSPS) is 12.4. The van der Waals surface area contributed by atoms with Gasteiger partial charge in [-0.05, 0) is 13.5 Å². The second-order valence-corrected chi connectivity index (χ2v) is 3.78. The molecule has 0 saturated heterocycles. The molecule has 0 aliphatic heterocycles. The van der Waals surface area contributed by atoms with Crippen LogP contribution in [0.4, 0.5) is 0 Å². The Bertz CT molecular complexity index is 351. The molecule has 0 unspecified atom stereocenters. The molecule has 1 heterocycles. The number of rotatable bonds is 7. The minimum atomic E-state index is -0.235. The zero-order valence-corrected chi connectivity index (χ0v) is 10.4. The van der Waals surface area contributed by atoms with Crippen molar-refractivity contribution in [3.63, 3.8) is 0 Å². The Hall–Kier alpha value is -1.40. The van der Waals surface area contributed by atoms with Crippen LogP contribution in [0.25, 0.3) is 0 Å². The average molecular weight is 241 g/mol. The number of aromatic nitrogens is 1. The van der Waals surface area contributed by atoms with Crippen molar-refractivity contribution >= 4 is 5.91 Å². The summed E-state index contributed by atoms with van der Waals surface area (Å²) < 4.78 is 9.80. The van der Waals surface area contributed by atoms with E-state index >= 15 is 0 Å². The molecule has 1 amide bonds. The van der Waals surface area contributed by atoms with Crippen molar-refractivity contribution in [2.45, 2.75) is 26.5 Å². The lowest BCUT2D eigenvalue weighted by Crippen LogP contribution is -2.38. The summed E-state index contributed by atoms with van der Waals surface area (Å²) in [6.07, 6.45) is 0. The van der Waals surface area contributed by atoms with Gasteiger partial charge in [0, 0.05) is 25.8 Å². The number of carbonyl (C=O) groups is 1. The average Bonchev–Trinajstić information content (AvgIpc) is 2.75. The minimum absolute atomic E-state index is 0.231. The molecule has 0 radical (unpaired) electrons. The Morgan fingerprint density at radius 2 is 2.41 bits per heavy atom. The number of hydrogen-bond acceptors (Lipinski definition) is 5. The standard InChI is InChI=1S/C11H19N3O3/c1-4-12-8(2)6-13-11(15)10-5-9(7-16-3)17-14-10/h5,8,12H,4,6-7H2,1-3H3,(H,13,15)/t8-/m1/s1. The van der Waals surface area contributed by atoms with Gasteiger partial charge in [-0.2, -0.15) is 0 Å². The second kappa shape index (κ2) is 7.03. The maximum absolute atomic E-state index is 11.7. The Morgan fingerprint density at radius 1 is 1.65 bits per heavy atom. The summed E-state index contributed by atoms with van der Waals surface area (Å²) in [7, 11) is 1.56. The van der Waals surface area contributed by atoms with Crippen LogP contribution in [-0.2, 0) is 11.3 Å². The lowest BCUT2D eigenvalue weighted by atomic mass is 10.3. The minimum Gasteiger partial charge on any atom is -0.377 e. The fraction of sp³-hybridized carbons (Fsp3) is 0.636. The number of carbonyl (C=O) groups excluding carboxylic acids is 1. The molecule has 6 heteroatoms. The lowest BCUT2D eigenvalue weighted by molar-refractivity contribution is 0.0940. The zero-order chi connectivity index (χ0) is 12.7. The summed E-state index contributed by atoms with van der Waals surface area (Å²) in [6, 6.07) is 1.81. The maximum Gasteiger partial charge on any atom is 0.273 e. The van der Waals surface area contributed by atoms with Crippen molar-refractivity contribution in [1.29, 1.82) is 0 Å². The molecule has 0 aliphatic carbocycles. The molecule has 1 aromatic heterocycles. The van der Waals surface area contributed by atoms with Crippen LogP contribution < -0.4 is 10.6 Å². The van der Waals surface area contributed by atoms with Crippen molar-refractivity contribution < 1.29 is 14.1 Å². The van der Waals surface area contributed by atoms with Gasteiger partial charge in [0.25, 0.3) is 5.91 Å². The molecule has 0 saturated carbocycles. The fourth-order valence-electron chi connectivity index (χ4n) is 1.39. The van der Waals surface area contributed by atoms with E-state index < -0.39 is 0 Å². The number of amides is 1. The van der Waals surface area contributed by atoms with Crippen LogP contribution in [0, 0.1) is 0 Å². The van der Waals surface area contributed by atoms with E-state index in [2.05, 4.69) is 15.8 Å². The Labute approximate surface area is 101 Å². The van der Waals surface area contributed by atoms with Gasteiger partial charge in [0.05, 0.1) is 0 Å². The van der Waals surface area contributed by atoms with E-state index in [4.69, 9.17) is 9.26 Å². The van der Waals surface area contributed by atoms with Crippen molar-refractivity contribution in [2.24, 2.45) is 0 Å². The molecular formula is C11H19N3O3. The first kappa shape index (κ1) is 13.7. The summed E-state index contributed by atoms with van der Waals surface area (Å²) in [5.41, 5.74) is 0.278. The highest BCUT2D eigenvalue weighted by Gasteiger charge is 2.12. The highest BCUT2D eigenvalue weighted by Crippen LogP contribution is 2.04. The Balaban J connectivity index is 2.40. The molecule has 0 bridgehead atoms. The monoisotopic (exact) mass is 241 g/mol. The molecule has 1 rings (SSSR count). The van der Waals surface area contributed by atoms with Crippen LogP contribution in [0.5, 0.6) is 0 Å². The van der Waals surface area contributed by atoms with Gasteiger partial charge in [-0.3, -0.25) is 4.79 Å². The van der Waals surface area contributed by atoms with Crippen LogP contribution in [-0.4, -0.2) is 37.3 Å². The summed E-state index contributed by atoms with van der Waals surface area (Å²) in [4.78, 5) is 11.7. The van der Waals surface area contributed by atoms with Gasteiger partial charge in [0.2, 0.25) is 0 Å². The first-order chi connectivity index (χ1) is 8.17. The third-order valence-electron chi connectivity index (χ3n) is 2.20. The van der Waals surface area contributed by atoms with E-state index in [9.17, 15) is 4.79 Å². The van der Waals surface area contributed by atoms with E-state index in [1.165, 1.54) is 0 Å². The first-order valence-corrected chi connectivity index (χ1v) is 5.63. The van der Waals surface area contributed by atoms with Crippen molar-refractivity contribution in [3.05, 3.63) is 17.5 Å². The molecule has 0 fully saturated rings. The highest BCUT2D eigenvalue weighted by atomic mass is 16.5. The molecule has 0 aromatic carbocycles. The molecule has 6 nitrogen and oxygen atoms in total. The van der Waals surface area contributed by atoms with E-state index in [0.29, 0.717) is 18.9 Å². The zero-order valence-electron chi connectivity index (χ0n) is 10.4. The number of ether oxygens (including phenoxy) is 1. The summed E-state index contributed by atoms with van der Waals surface area (Å²) >= 11 is 0. The van der Waals surface area contributed by atoms with Gasteiger partial charge in [-0.25, -0.2) is 0 Å². The summed E-state index contributed by atoms with van der Waals surface area (Å²) in [6.45, 7) is 5.77. The lowest BCUT2D eigenvalue weighted by Gasteiger charge is -2.12. The summed E-state index contributed by atoms with van der Waals surface area (Å²) in [5.74, 6) is 0.304. The third-order valence-corrected chi connectivity index (χ3v) is 2.20. The highest BCUT2D eigenvalue weighted by molar-refractivity contribution is 5.92. The van der Waals surface area contributed by atoms with Gasteiger partial charge in [0.1, 0.15) is 6.61 Å². The van der Waals surface area contributed by atoms with Crippen molar-refractivity contribution in [1.82, 2.24) is 15.8 Å². The van der Waals surface area contributed by atoms with Crippen LogP contribution in [0.3, 0.4) is 0 Å². The molecule has 2 N–H and O–H groups in total. The van der Waals surface area contributed by atoms with Crippen LogP contribution >= 0.6 is 0 Å². The number of nitrogens with zero attached hydrogens (tertiary/aromatic N) is 1. The van der Waals surface area contributed by atoms with Crippen LogP contribution in [0.1, 0.15) is 30.1 Å². The summed E-state index contributed by atoms with van der Waals surface area (Å²) in [5, 5.41) is 9.64. The first-order valence-electron chi connectivity index (χ1n) is 5.63. The molecule has 1 atom stereocenters. The smallest absolute Gasteiger partial charge is 0.273 e. The molecule has 1 aromatic rings. The quantitative estimate of drug-likeness (QED) is 0.729. The molecule has 17 heavy (non-hydrogen) atoms. The predicted molar refractivity (Wildman–Crippen MR) is 62.7 cm³/mol. The number of nitrogens with one attached hydrogen (secondary N) is 2. The van der Waals surface area contributed by atoms with Gasteiger partial charge in [-0.1, -0.05) is 12.1 Å². The molecular weight excluding hydrogens is 222 g/mol. The van der Waals surface area contributed by atoms with Crippen LogP contribution in [0.15, 0.2) is 10.6 Å². The van der Waals surface area contributed by atoms with E-state index in [-0.39, 0.29) is 17.6 Å². The third kappa shape index (κ3) is 4.54. The largest absolute Gasteiger partial charge is 0.377 e. The molecule has 0 aliphatic rings.